The number of benzene rings is 1. The minimum absolute atomic E-state index is 0.0738. The van der Waals surface area contributed by atoms with Crippen LogP contribution in [0.3, 0.4) is 0 Å². The molecule has 1 unspecified atom stereocenters. The lowest BCUT2D eigenvalue weighted by Crippen LogP contribution is -2.36. The molecule has 0 bridgehead atoms. The number of hydrogen-bond donors (Lipinski definition) is 0. The molecule has 22 heavy (non-hydrogen) atoms. The second kappa shape index (κ2) is 4.71. The Morgan fingerprint density at radius 1 is 1.27 bits per heavy atom. The van der Waals surface area contributed by atoms with E-state index in [0.29, 0.717) is 5.01 Å². The second-order valence-electron chi connectivity index (χ2n) is 5.92. The van der Waals surface area contributed by atoms with Crippen LogP contribution in [0, 0.1) is 6.92 Å². The molecule has 2 amide bonds. The van der Waals surface area contributed by atoms with Crippen molar-refractivity contribution in [3.8, 4) is 0 Å². The number of hydrogen-bond acceptors (Lipinski definition) is 5. The summed E-state index contributed by atoms with van der Waals surface area (Å²) in [5.41, 5.74) is 1.58. The zero-order valence-electron chi connectivity index (χ0n) is 12.2. The first kappa shape index (κ1) is 13.6. The third-order valence-corrected chi connectivity index (χ3v) is 5.45. The van der Waals surface area contributed by atoms with Crippen LogP contribution in [0.15, 0.2) is 24.3 Å². The Kier molecular flexibility index (Phi) is 2.91. The van der Waals surface area contributed by atoms with Gasteiger partial charge >= 0.3 is 0 Å². The van der Waals surface area contributed by atoms with Gasteiger partial charge in [0.2, 0.25) is 11.8 Å². The fourth-order valence-corrected chi connectivity index (χ4v) is 4.29. The van der Waals surface area contributed by atoms with E-state index in [1.54, 1.807) is 0 Å². The topological polar surface area (TPSA) is 63.2 Å². The van der Waals surface area contributed by atoms with E-state index in [1.807, 2.05) is 25.1 Å². The van der Waals surface area contributed by atoms with Crippen LogP contribution in [0.1, 0.15) is 34.0 Å². The number of fused-ring (bicyclic) bond motifs is 2. The Hall–Kier alpha value is -2.08. The molecule has 1 fully saturated rings. The van der Waals surface area contributed by atoms with Crippen molar-refractivity contribution in [2.24, 2.45) is 0 Å². The molecule has 1 aromatic heterocycles. The van der Waals surface area contributed by atoms with Gasteiger partial charge in [-0.25, -0.2) is 0 Å². The largest absolute Gasteiger partial charge is 0.275 e. The Labute approximate surface area is 132 Å². The van der Waals surface area contributed by atoms with E-state index < -0.39 is 5.41 Å². The molecule has 0 radical (unpaired) electrons. The van der Waals surface area contributed by atoms with Crippen LogP contribution in [0.5, 0.6) is 0 Å². The number of carbonyl (C=O) groups excluding carboxylic acids is 2. The quantitative estimate of drug-likeness (QED) is 0.796. The van der Waals surface area contributed by atoms with Gasteiger partial charge in [0.1, 0.15) is 10.0 Å². The molecule has 2 aliphatic rings. The highest BCUT2D eigenvalue weighted by atomic mass is 32.1. The lowest BCUT2D eigenvalue weighted by Gasteiger charge is -2.22. The lowest BCUT2D eigenvalue weighted by atomic mass is 9.80. The van der Waals surface area contributed by atoms with Gasteiger partial charge in [0, 0.05) is 6.42 Å². The van der Waals surface area contributed by atoms with Gasteiger partial charge < -0.3 is 0 Å². The summed E-state index contributed by atoms with van der Waals surface area (Å²) in [6.45, 7) is 2.11. The van der Waals surface area contributed by atoms with Crippen molar-refractivity contribution in [2.75, 3.05) is 0 Å². The van der Waals surface area contributed by atoms with Crippen molar-refractivity contribution in [1.29, 1.82) is 0 Å². The van der Waals surface area contributed by atoms with Crippen molar-refractivity contribution in [3.05, 3.63) is 45.4 Å². The van der Waals surface area contributed by atoms with Crippen molar-refractivity contribution in [2.45, 2.75) is 38.1 Å². The number of imide groups is 1. The van der Waals surface area contributed by atoms with Crippen LogP contribution in [-0.4, -0.2) is 26.9 Å². The molecule has 112 valence electrons. The first-order chi connectivity index (χ1) is 10.6. The zero-order chi connectivity index (χ0) is 15.3. The number of likely N-dealkylation sites (tertiary alicyclic amines) is 1. The molecular formula is C16H15N3O2S. The van der Waals surface area contributed by atoms with Gasteiger partial charge in [-0.15, -0.1) is 10.2 Å². The SMILES string of the molecule is Cc1nnc(CN2C(=O)CC3(CCc4ccccc43)C2=O)s1. The molecule has 6 heteroatoms. The van der Waals surface area contributed by atoms with Crippen LogP contribution in [-0.2, 0) is 28.0 Å². The van der Waals surface area contributed by atoms with Crippen molar-refractivity contribution >= 4 is 23.2 Å². The van der Waals surface area contributed by atoms with Gasteiger partial charge in [-0.2, -0.15) is 0 Å². The van der Waals surface area contributed by atoms with Gasteiger partial charge in [-0.3, -0.25) is 14.5 Å². The molecule has 1 aromatic carbocycles. The van der Waals surface area contributed by atoms with Crippen LogP contribution >= 0.6 is 11.3 Å². The number of aryl methyl sites for hydroxylation is 2. The zero-order valence-corrected chi connectivity index (χ0v) is 13.0. The number of rotatable bonds is 2. The van der Waals surface area contributed by atoms with Crippen molar-refractivity contribution in [1.82, 2.24) is 15.1 Å². The average Bonchev–Trinajstić information content (AvgIpc) is 3.15. The highest BCUT2D eigenvalue weighted by Gasteiger charge is 2.55. The van der Waals surface area contributed by atoms with Gasteiger partial charge in [0.05, 0.1) is 12.0 Å². The number of aromatic nitrogens is 2. The molecule has 1 saturated heterocycles. The smallest absolute Gasteiger partial charge is 0.240 e. The van der Waals surface area contributed by atoms with Crippen molar-refractivity contribution < 1.29 is 9.59 Å². The molecule has 0 N–H and O–H groups in total. The van der Waals surface area contributed by atoms with Crippen LogP contribution in [0.4, 0.5) is 0 Å². The van der Waals surface area contributed by atoms with E-state index >= 15 is 0 Å². The summed E-state index contributed by atoms with van der Waals surface area (Å²) in [5, 5.41) is 9.54. The molecule has 1 spiro atoms. The molecular weight excluding hydrogens is 298 g/mol. The summed E-state index contributed by atoms with van der Waals surface area (Å²) in [4.78, 5) is 26.8. The van der Waals surface area contributed by atoms with E-state index in [4.69, 9.17) is 0 Å². The Bertz CT molecular complexity index is 785. The number of nitrogens with zero attached hydrogens (tertiary/aromatic N) is 3. The molecule has 0 saturated carbocycles. The number of amides is 2. The Morgan fingerprint density at radius 3 is 2.86 bits per heavy atom. The maximum atomic E-state index is 13.0. The lowest BCUT2D eigenvalue weighted by molar-refractivity contribution is -0.140. The summed E-state index contributed by atoms with van der Waals surface area (Å²) >= 11 is 1.43. The minimum atomic E-state index is -0.645. The molecule has 1 aliphatic heterocycles. The summed E-state index contributed by atoms with van der Waals surface area (Å²) in [7, 11) is 0. The Balaban J connectivity index is 1.68. The molecule has 1 atom stereocenters. The van der Waals surface area contributed by atoms with Crippen molar-refractivity contribution in [3.63, 3.8) is 0 Å². The standard InChI is InChI=1S/C16H15N3O2S/c1-10-17-18-13(22-10)9-19-14(20)8-16(15(19)21)7-6-11-4-2-3-5-12(11)16/h2-5H,6-9H2,1H3. The normalized spacial score (nSPS) is 23.6. The predicted molar refractivity (Wildman–Crippen MR) is 81.3 cm³/mol. The average molecular weight is 313 g/mol. The minimum Gasteiger partial charge on any atom is -0.275 e. The maximum absolute atomic E-state index is 13.0. The van der Waals surface area contributed by atoms with Crippen LogP contribution in [0.25, 0.3) is 0 Å². The second-order valence-corrected chi connectivity index (χ2v) is 7.18. The first-order valence-electron chi connectivity index (χ1n) is 7.32. The molecule has 4 rings (SSSR count). The van der Waals surface area contributed by atoms with Gasteiger partial charge in [0.15, 0.2) is 0 Å². The summed E-state index contributed by atoms with van der Waals surface area (Å²) < 4.78 is 0. The third kappa shape index (κ3) is 1.83. The molecule has 5 nitrogen and oxygen atoms in total. The monoisotopic (exact) mass is 313 g/mol. The Morgan fingerprint density at radius 2 is 2.09 bits per heavy atom. The molecule has 2 aromatic rings. The van der Waals surface area contributed by atoms with Gasteiger partial charge in [0.25, 0.3) is 0 Å². The molecule has 1 aliphatic carbocycles. The third-order valence-electron chi connectivity index (χ3n) is 4.62. The van der Waals surface area contributed by atoms with Crippen LogP contribution in [0.2, 0.25) is 0 Å². The van der Waals surface area contributed by atoms with Gasteiger partial charge in [-0.05, 0) is 30.9 Å². The summed E-state index contributed by atoms with van der Waals surface area (Å²) in [6.07, 6.45) is 1.87. The first-order valence-corrected chi connectivity index (χ1v) is 8.14. The van der Waals surface area contributed by atoms with E-state index in [9.17, 15) is 9.59 Å². The fourth-order valence-electron chi connectivity index (χ4n) is 3.59. The van der Waals surface area contributed by atoms with E-state index in [2.05, 4.69) is 16.3 Å². The maximum Gasteiger partial charge on any atom is 0.240 e. The highest BCUT2D eigenvalue weighted by molar-refractivity contribution is 7.11. The van der Waals surface area contributed by atoms with E-state index in [1.165, 1.54) is 21.8 Å². The van der Waals surface area contributed by atoms with Gasteiger partial charge in [-0.1, -0.05) is 35.6 Å². The molecule has 2 heterocycles. The van der Waals surface area contributed by atoms with E-state index in [-0.39, 0.29) is 24.8 Å². The summed E-state index contributed by atoms with van der Waals surface area (Å²) in [5.74, 6) is -0.176. The predicted octanol–water partition coefficient (Wildman–Crippen LogP) is 1.99. The van der Waals surface area contributed by atoms with Crippen LogP contribution < -0.4 is 0 Å². The fraction of sp³-hybridized carbons (Fsp3) is 0.375. The summed E-state index contributed by atoms with van der Waals surface area (Å²) in [6, 6.07) is 7.98. The highest BCUT2D eigenvalue weighted by Crippen LogP contribution is 2.47. The number of carbonyl (C=O) groups is 2. The van der Waals surface area contributed by atoms with E-state index in [0.717, 1.165) is 23.4 Å².